The molecular weight excluding hydrogens is 693 g/mol. The molecule has 48 heavy (non-hydrogen) atoms. The van der Waals surface area contributed by atoms with Crippen LogP contribution in [-0.4, -0.2) is 51.0 Å². The van der Waals surface area contributed by atoms with Crippen LogP contribution in [0.3, 0.4) is 0 Å². The molecule has 3 aromatic rings. The van der Waals surface area contributed by atoms with Crippen LogP contribution in [0.5, 0.6) is 11.5 Å². The summed E-state index contributed by atoms with van der Waals surface area (Å²) in [6.45, 7) is 1.80. The largest absolute Gasteiger partial charge is 0.755 e. The third-order valence-electron chi connectivity index (χ3n) is 7.06. The monoisotopic (exact) mass is 727 g/mol. The molecule has 0 saturated heterocycles. The van der Waals surface area contributed by atoms with E-state index in [1.807, 2.05) is 0 Å². The SMILES string of the molecule is CC(C)(C)OC(=O)CN(c1ccc(CCC(=O)O[C@@H](Cc2c(Cl)cncc2Cl)c2ccc(OC(F)F)c(OCC3CC3)c2)cc1)S(=O)[O-]. The summed E-state index contributed by atoms with van der Waals surface area (Å²) in [5.74, 6) is -1.01. The Balaban J connectivity index is 1.48. The maximum absolute atomic E-state index is 13.2. The van der Waals surface area contributed by atoms with Gasteiger partial charge < -0.3 is 23.5 Å². The van der Waals surface area contributed by atoms with Crippen LogP contribution in [0.15, 0.2) is 54.9 Å². The lowest BCUT2D eigenvalue weighted by atomic mass is 10.0. The van der Waals surface area contributed by atoms with Crippen molar-refractivity contribution in [3.8, 4) is 11.5 Å². The first kappa shape index (κ1) is 37.3. The molecule has 10 nitrogen and oxygen atoms in total. The van der Waals surface area contributed by atoms with Crippen molar-refractivity contribution < 1.29 is 46.1 Å². The lowest BCUT2D eigenvalue weighted by molar-refractivity contribution is -0.153. The van der Waals surface area contributed by atoms with Gasteiger partial charge in [-0.05, 0) is 86.9 Å². The first-order valence-electron chi connectivity index (χ1n) is 15.0. The number of alkyl halides is 2. The highest BCUT2D eigenvalue weighted by atomic mass is 35.5. The first-order chi connectivity index (χ1) is 22.7. The van der Waals surface area contributed by atoms with Crippen LogP contribution in [0.25, 0.3) is 0 Å². The van der Waals surface area contributed by atoms with Crippen LogP contribution < -0.4 is 13.8 Å². The Hall–Kier alpha value is -3.52. The van der Waals surface area contributed by atoms with E-state index >= 15 is 0 Å². The summed E-state index contributed by atoms with van der Waals surface area (Å²) in [5, 5.41) is 0.512. The molecule has 2 aromatic carbocycles. The second-order valence-electron chi connectivity index (χ2n) is 12.1. The van der Waals surface area contributed by atoms with Gasteiger partial charge in [0, 0.05) is 42.2 Å². The number of anilines is 1. The van der Waals surface area contributed by atoms with Crippen LogP contribution in [0.4, 0.5) is 14.5 Å². The number of aromatic nitrogens is 1. The van der Waals surface area contributed by atoms with E-state index in [4.69, 9.17) is 37.4 Å². The number of halogens is 4. The molecule has 1 saturated carbocycles. The normalized spacial score (nSPS) is 14.3. The number of ether oxygens (including phenoxy) is 4. The molecule has 1 aliphatic carbocycles. The second kappa shape index (κ2) is 16.7. The molecule has 1 fully saturated rings. The Kier molecular flexibility index (Phi) is 13.0. The molecular formula is C33H35Cl2F2N2O8S-. The minimum absolute atomic E-state index is 0.0531. The Labute approximate surface area is 290 Å². The maximum atomic E-state index is 13.2. The minimum Gasteiger partial charge on any atom is -0.755 e. The molecule has 0 N–H and O–H groups in total. The summed E-state index contributed by atoms with van der Waals surface area (Å²) < 4.78 is 72.4. The van der Waals surface area contributed by atoms with E-state index in [1.54, 1.807) is 32.9 Å². The third-order valence-corrected chi connectivity index (χ3v) is 8.41. The highest BCUT2D eigenvalue weighted by Crippen LogP contribution is 2.38. The zero-order valence-corrected chi connectivity index (χ0v) is 28.8. The second-order valence-corrected chi connectivity index (χ2v) is 13.8. The van der Waals surface area contributed by atoms with Gasteiger partial charge in [0.25, 0.3) is 0 Å². The van der Waals surface area contributed by atoms with Crippen LogP contribution in [0, 0.1) is 5.92 Å². The van der Waals surface area contributed by atoms with Crippen LogP contribution in [0.2, 0.25) is 10.0 Å². The van der Waals surface area contributed by atoms with E-state index in [-0.39, 0.29) is 46.5 Å². The zero-order chi connectivity index (χ0) is 35.0. The number of pyridine rings is 1. The van der Waals surface area contributed by atoms with E-state index in [2.05, 4.69) is 9.72 Å². The molecule has 0 spiro atoms. The van der Waals surface area contributed by atoms with Gasteiger partial charge in [0.2, 0.25) is 0 Å². The van der Waals surface area contributed by atoms with E-state index in [1.165, 1.54) is 42.7 Å². The van der Waals surface area contributed by atoms with Crippen molar-refractivity contribution in [1.29, 1.82) is 0 Å². The number of rotatable bonds is 16. The lowest BCUT2D eigenvalue weighted by Gasteiger charge is -2.27. The number of carbonyl (C=O) groups is 2. The summed E-state index contributed by atoms with van der Waals surface area (Å²) in [6, 6.07) is 10.6. The van der Waals surface area contributed by atoms with Gasteiger partial charge in [0.1, 0.15) is 18.2 Å². The molecule has 2 atom stereocenters. The van der Waals surface area contributed by atoms with Crippen molar-refractivity contribution in [2.24, 2.45) is 5.92 Å². The van der Waals surface area contributed by atoms with E-state index in [0.29, 0.717) is 29.2 Å². The third kappa shape index (κ3) is 11.6. The molecule has 260 valence electrons. The smallest absolute Gasteiger partial charge is 0.387 e. The summed E-state index contributed by atoms with van der Waals surface area (Å²) in [4.78, 5) is 29.4. The predicted molar refractivity (Wildman–Crippen MR) is 175 cm³/mol. The Morgan fingerprint density at radius 2 is 1.71 bits per heavy atom. The Bertz CT molecular complexity index is 1580. The zero-order valence-electron chi connectivity index (χ0n) is 26.5. The molecule has 15 heteroatoms. The molecule has 0 radical (unpaired) electrons. The van der Waals surface area contributed by atoms with Gasteiger partial charge in [0.05, 0.1) is 16.7 Å². The molecule has 1 aliphatic rings. The van der Waals surface area contributed by atoms with Crippen molar-refractivity contribution in [1.82, 2.24) is 4.98 Å². The fourth-order valence-corrected chi connectivity index (χ4v) is 5.61. The quantitative estimate of drug-likeness (QED) is 0.111. The number of hydrogen-bond acceptors (Lipinski definition) is 9. The van der Waals surface area contributed by atoms with E-state index in [0.717, 1.165) is 17.1 Å². The van der Waals surface area contributed by atoms with E-state index in [9.17, 15) is 27.1 Å². The molecule has 0 bridgehead atoms. The molecule has 1 aromatic heterocycles. The Morgan fingerprint density at radius 3 is 2.29 bits per heavy atom. The fourth-order valence-electron chi connectivity index (χ4n) is 4.58. The number of carbonyl (C=O) groups excluding carboxylic acids is 2. The van der Waals surface area contributed by atoms with Crippen molar-refractivity contribution in [3.05, 3.63) is 81.6 Å². The fraction of sp³-hybridized carbons (Fsp3) is 0.424. The topological polar surface area (TPSA) is 127 Å². The highest BCUT2D eigenvalue weighted by molar-refractivity contribution is 7.80. The van der Waals surface area contributed by atoms with Gasteiger partial charge in [-0.1, -0.05) is 41.4 Å². The average molecular weight is 729 g/mol. The molecule has 1 unspecified atom stereocenters. The van der Waals surface area contributed by atoms with Crippen molar-refractivity contribution >= 4 is 52.1 Å². The van der Waals surface area contributed by atoms with Gasteiger partial charge >= 0.3 is 18.6 Å². The molecule has 4 rings (SSSR count). The lowest BCUT2D eigenvalue weighted by Crippen LogP contribution is -2.36. The van der Waals surface area contributed by atoms with Crippen molar-refractivity contribution in [2.75, 3.05) is 17.5 Å². The summed E-state index contributed by atoms with van der Waals surface area (Å²) in [7, 11) is 0. The van der Waals surface area contributed by atoms with Gasteiger partial charge in [-0.25, -0.2) is 0 Å². The molecule has 0 aliphatic heterocycles. The summed E-state index contributed by atoms with van der Waals surface area (Å²) >= 11 is 10.0. The van der Waals surface area contributed by atoms with Crippen molar-refractivity contribution in [2.45, 2.75) is 71.2 Å². The Morgan fingerprint density at radius 1 is 1.04 bits per heavy atom. The number of esters is 2. The molecule has 1 heterocycles. The summed E-state index contributed by atoms with van der Waals surface area (Å²) in [6.07, 6.45) is 4.08. The van der Waals surface area contributed by atoms with Gasteiger partial charge in [-0.15, -0.1) is 0 Å². The maximum Gasteiger partial charge on any atom is 0.387 e. The van der Waals surface area contributed by atoms with Gasteiger partial charge in [-0.3, -0.25) is 23.1 Å². The van der Waals surface area contributed by atoms with E-state index < -0.39 is 48.1 Å². The number of hydrogen-bond donors (Lipinski definition) is 0. The van der Waals surface area contributed by atoms with Crippen molar-refractivity contribution in [3.63, 3.8) is 0 Å². The number of aryl methyl sites for hydroxylation is 1. The van der Waals surface area contributed by atoms with Gasteiger partial charge in [-0.2, -0.15) is 8.78 Å². The highest BCUT2D eigenvalue weighted by Gasteiger charge is 2.26. The predicted octanol–water partition coefficient (Wildman–Crippen LogP) is 7.18. The first-order valence-corrected chi connectivity index (χ1v) is 16.8. The minimum atomic E-state index is -3.06. The standard InChI is InChI=1S/C33H36Cl2F2N2O8S/c1-33(2,3)47-31(41)18-39(48(42)43)23-10-6-20(7-11-23)8-13-30(40)45-28(15-24-25(34)16-38-17-26(24)35)22-9-12-27(46-32(36)37)29(14-22)44-19-21-4-5-21/h6-7,9-12,14,16-17,21,28,32H,4-5,8,13,15,18-19H2,1-3H3,(H,42,43)/p-1/t28-/m0/s1. The van der Waals surface area contributed by atoms with Crippen LogP contribution in [-0.2, 0) is 43.2 Å². The van der Waals surface area contributed by atoms with Gasteiger partial charge in [0.15, 0.2) is 11.5 Å². The van der Waals surface area contributed by atoms with Crippen LogP contribution in [0.1, 0.15) is 62.8 Å². The number of benzene rings is 2. The average Bonchev–Trinajstić information content (AvgIpc) is 3.83. The van der Waals surface area contributed by atoms with Crippen LogP contribution >= 0.6 is 23.2 Å². The molecule has 0 amide bonds. The summed E-state index contributed by atoms with van der Waals surface area (Å²) in [5.41, 5.74) is 1.08. The number of nitrogens with zero attached hydrogens (tertiary/aromatic N) is 2.